The molecule has 0 fully saturated rings. The monoisotopic (exact) mass is 354 g/mol. The minimum Gasteiger partial charge on any atom is -0.439 e. The van der Waals surface area contributed by atoms with Crippen LogP contribution in [0.2, 0.25) is 0 Å². The zero-order valence-corrected chi connectivity index (χ0v) is 13.7. The molecule has 1 heterocycles. The van der Waals surface area contributed by atoms with E-state index in [1.807, 2.05) is 18.2 Å². The van der Waals surface area contributed by atoms with Crippen molar-refractivity contribution < 1.29 is 4.74 Å². The summed E-state index contributed by atoms with van der Waals surface area (Å²) >= 11 is 3.56. The first-order valence-corrected chi connectivity index (χ1v) is 7.98. The second-order valence-corrected chi connectivity index (χ2v) is 6.78. The van der Waals surface area contributed by atoms with Gasteiger partial charge in [0, 0.05) is 33.6 Å². The lowest BCUT2D eigenvalue weighted by Crippen LogP contribution is -2.31. The van der Waals surface area contributed by atoms with E-state index in [2.05, 4.69) is 41.1 Å². The predicted octanol–water partition coefficient (Wildman–Crippen LogP) is 4.03. The molecule has 2 aromatic rings. The molecule has 0 radical (unpaired) electrons. The van der Waals surface area contributed by atoms with E-state index in [1.165, 1.54) is 16.7 Å². The summed E-state index contributed by atoms with van der Waals surface area (Å²) in [5, 5.41) is 8.25. The van der Waals surface area contributed by atoms with E-state index in [0.29, 0.717) is 6.42 Å². The summed E-state index contributed by atoms with van der Waals surface area (Å²) in [5.74, 6) is 0.909. The van der Waals surface area contributed by atoms with Gasteiger partial charge in [0.05, 0.1) is 0 Å². The molecule has 1 aliphatic carbocycles. The zero-order chi connectivity index (χ0) is 15.4. The number of nitrogens with one attached hydrogen (secondary N) is 1. The van der Waals surface area contributed by atoms with Crippen LogP contribution in [-0.4, -0.2) is 5.90 Å². The molecule has 3 nitrogen and oxygen atoms in total. The fourth-order valence-corrected chi connectivity index (χ4v) is 3.77. The summed E-state index contributed by atoms with van der Waals surface area (Å²) in [5.41, 5.74) is 12.5. The molecule has 1 aliphatic heterocycles. The van der Waals surface area contributed by atoms with Gasteiger partial charge in [-0.05, 0) is 36.2 Å². The molecule has 22 heavy (non-hydrogen) atoms. The standard InChI is InChI=1S/C18H15BrN2O/c1-9-2-5-15-13(6-9)16-12-8-11(19)4-3-10(12)7-14(20)17(16)18(21)22-15/h2-6,8,16,21H,7,20H2,1H3/t16-/m0/s1. The van der Waals surface area contributed by atoms with E-state index in [9.17, 15) is 0 Å². The van der Waals surface area contributed by atoms with Crippen molar-refractivity contribution in [1.29, 1.82) is 5.41 Å². The number of hydrogen-bond donors (Lipinski definition) is 2. The largest absolute Gasteiger partial charge is 0.439 e. The topological polar surface area (TPSA) is 59.1 Å². The van der Waals surface area contributed by atoms with Crippen LogP contribution in [0, 0.1) is 12.3 Å². The number of nitrogens with two attached hydrogens (primary N) is 1. The minimum atomic E-state index is -0.0163. The highest BCUT2D eigenvalue weighted by molar-refractivity contribution is 9.10. The lowest BCUT2D eigenvalue weighted by atomic mass is 9.75. The van der Waals surface area contributed by atoms with Gasteiger partial charge in [-0.1, -0.05) is 39.7 Å². The maximum atomic E-state index is 8.25. The SMILES string of the molecule is Cc1ccc2c(c1)[C@H]1C(=C(N)Cc3ccc(Br)cc31)C(=N)O2. The molecule has 2 aliphatic rings. The second kappa shape index (κ2) is 4.71. The van der Waals surface area contributed by atoms with Crippen molar-refractivity contribution in [3.63, 3.8) is 0 Å². The number of fused-ring (bicyclic) bond motifs is 5. The molecule has 0 aromatic heterocycles. The van der Waals surface area contributed by atoms with Gasteiger partial charge in [0.25, 0.3) is 0 Å². The van der Waals surface area contributed by atoms with Crippen LogP contribution < -0.4 is 10.5 Å². The first kappa shape index (κ1) is 13.6. The molecule has 0 unspecified atom stereocenters. The number of benzene rings is 2. The fourth-order valence-electron chi connectivity index (χ4n) is 3.39. The van der Waals surface area contributed by atoms with Crippen molar-refractivity contribution in [2.75, 3.05) is 0 Å². The van der Waals surface area contributed by atoms with Crippen LogP contribution >= 0.6 is 15.9 Å². The highest BCUT2D eigenvalue weighted by Gasteiger charge is 2.37. The number of ether oxygens (including phenoxy) is 1. The normalized spacial score (nSPS) is 19.2. The minimum absolute atomic E-state index is 0.0163. The van der Waals surface area contributed by atoms with Gasteiger partial charge in [-0.25, -0.2) is 0 Å². The third-order valence-corrected chi connectivity index (χ3v) is 4.86. The maximum absolute atomic E-state index is 8.25. The van der Waals surface area contributed by atoms with Crippen molar-refractivity contribution in [3.8, 4) is 5.75 Å². The summed E-state index contributed by atoms with van der Waals surface area (Å²) in [6.07, 6.45) is 0.668. The summed E-state index contributed by atoms with van der Waals surface area (Å²) in [7, 11) is 0. The molecule has 3 N–H and O–H groups in total. The van der Waals surface area contributed by atoms with E-state index in [4.69, 9.17) is 15.9 Å². The summed E-state index contributed by atoms with van der Waals surface area (Å²) in [6.45, 7) is 2.07. The zero-order valence-electron chi connectivity index (χ0n) is 12.1. The second-order valence-electron chi connectivity index (χ2n) is 5.86. The summed E-state index contributed by atoms with van der Waals surface area (Å²) in [4.78, 5) is 0. The molecule has 0 bridgehead atoms. The van der Waals surface area contributed by atoms with Gasteiger partial charge >= 0.3 is 0 Å². The first-order chi connectivity index (χ1) is 10.5. The molecule has 0 amide bonds. The Bertz CT molecular complexity index is 854. The van der Waals surface area contributed by atoms with Crippen molar-refractivity contribution in [1.82, 2.24) is 0 Å². The third-order valence-electron chi connectivity index (χ3n) is 4.37. The van der Waals surface area contributed by atoms with Gasteiger partial charge in [0.2, 0.25) is 5.90 Å². The van der Waals surface area contributed by atoms with Crippen molar-refractivity contribution in [2.24, 2.45) is 5.73 Å². The average Bonchev–Trinajstić information content (AvgIpc) is 2.48. The van der Waals surface area contributed by atoms with Gasteiger partial charge in [0.1, 0.15) is 5.75 Å². The fraction of sp³-hybridized carbons (Fsp3) is 0.167. The van der Waals surface area contributed by atoms with Crippen LogP contribution in [-0.2, 0) is 6.42 Å². The molecule has 4 rings (SSSR count). The Labute approximate surface area is 137 Å². The molecule has 2 aromatic carbocycles. The number of aryl methyl sites for hydroxylation is 1. The molecule has 0 spiro atoms. The van der Waals surface area contributed by atoms with Crippen LogP contribution in [0.25, 0.3) is 0 Å². The van der Waals surface area contributed by atoms with Gasteiger partial charge in [-0.3, -0.25) is 5.41 Å². The van der Waals surface area contributed by atoms with E-state index in [-0.39, 0.29) is 11.8 Å². The van der Waals surface area contributed by atoms with Crippen molar-refractivity contribution in [3.05, 3.63) is 74.4 Å². The number of hydrogen-bond acceptors (Lipinski definition) is 3. The molecular weight excluding hydrogens is 340 g/mol. The quantitative estimate of drug-likeness (QED) is 0.750. The predicted molar refractivity (Wildman–Crippen MR) is 90.4 cm³/mol. The molecule has 4 heteroatoms. The van der Waals surface area contributed by atoms with Gasteiger partial charge in [0.15, 0.2) is 0 Å². The number of rotatable bonds is 0. The summed E-state index contributed by atoms with van der Waals surface area (Å²) in [6, 6.07) is 12.4. The third kappa shape index (κ3) is 1.91. The van der Waals surface area contributed by atoms with Crippen LogP contribution in [0.1, 0.15) is 28.2 Å². The Balaban J connectivity index is 2.04. The van der Waals surface area contributed by atoms with Crippen LogP contribution in [0.15, 0.2) is 52.1 Å². The lowest BCUT2D eigenvalue weighted by molar-refractivity contribution is 0.510. The first-order valence-electron chi connectivity index (χ1n) is 7.19. The number of halogens is 1. The highest BCUT2D eigenvalue weighted by atomic mass is 79.9. The van der Waals surface area contributed by atoms with Gasteiger partial charge in [-0.15, -0.1) is 0 Å². The van der Waals surface area contributed by atoms with E-state index in [1.54, 1.807) is 0 Å². The van der Waals surface area contributed by atoms with E-state index in [0.717, 1.165) is 27.1 Å². The van der Waals surface area contributed by atoms with Crippen LogP contribution in [0.4, 0.5) is 0 Å². The van der Waals surface area contributed by atoms with Crippen molar-refractivity contribution >= 4 is 21.8 Å². The molecule has 0 saturated carbocycles. The van der Waals surface area contributed by atoms with E-state index >= 15 is 0 Å². The Morgan fingerprint density at radius 2 is 2.00 bits per heavy atom. The Morgan fingerprint density at radius 3 is 2.82 bits per heavy atom. The Hall–Kier alpha value is -2.07. The smallest absolute Gasteiger partial charge is 0.217 e. The van der Waals surface area contributed by atoms with Crippen LogP contribution in [0.3, 0.4) is 0 Å². The van der Waals surface area contributed by atoms with Gasteiger partial charge in [-0.2, -0.15) is 0 Å². The highest BCUT2D eigenvalue weighted by Crippen LogP contribution is 2.47. The molecule has 0 saturated heterocycles. The van der Waals surface area contributed by atoms with E-state index < -0.39 is 0 Å². The van der Waals surface area contributed by atoms with Crippen molar-refractivity contribution in [2.45, 2.75) is 19.3 Å². The van der Waals surface area contributed by atoms with Gasteiger partial charge < -0.3 is 10.5 Å². The average molecular weight is 355 g/mol. The Kier molecular flexibility index (Phi) is 2.91. The lowest BCUT2D eigenvalue weighted by Gasteiger charge is -2.35. The molecular formula is C18H15BrN2O. The summed E-state index contributed by atoms with van der Waals surface area (Å²) < 4.78 is 6.75. The maximum Gasteiger partial charge on any atom is 0.217 e. The van der Waals surface area contributed by atoms with Crippen LogP contribution in [0.5, 0.6) is 5.75 Å². The molecule has 1 atom stereocenters. The number of allylic oxidation sites excluding steroid dienone is 1. The molecule has 110 valence electrons. The Morgan fingerprint density at radius 1 is 1.18 bits per heavy atom.